The van der Waals surface area contributed by atoms with E-state index in [0.717, 1.165) is 32.8 Å². The number of nitrogens with zero attached hydrogens (tertiary/aromatic N) is 3. The van der Waals surface area contributed by atoms with E-state index in [1.165, 1.54) is 6.07 Å². The van der Waals surface area contributed by atoms with Crippen LogP contribution in [0.2, 0.25) is 5.02 Å². The maximum Gasteiger partial charge on any atom is 0.435 e. The molecule has 0 radical (unpaired) electrons. The number of halogens is 4. The van der Waals surface area contributed by atoms with Gasteiger partial charge in [-0.2, -0.15) is 18.3 Å². The van der Waals surface area contributed by atoms with Gasteiger partial charge in [-0.15, -0.1) is 0 Å². The van der Waals surface area contributed by atoms with Crippen LogP contribution in [0.15, 0.2) is 60.8 Å². The van der Waals surface area contributed by atoms with Crippen LogP contribution in [0.3, 0.4) is 0 Å². The third-order valence-electron chi connectivity index (χ3n) is 5.47. The SMILES string of the molecule is Cc1nccc2c(C(C)C(=O)NCc3cc(C(F)(F)F)nn3-c3cccc(Cl)c3)cccc12. The number of aromatic nitrogens is 3. The van der Waals surface area contributed by atoms with Crippen LogP contribution in [0.5, 0.6) is 0 Å². The second kappa shape index (κ2) is 8.86. The second-order valence-electron chi connectivity index (χ2n) is 7.69. The van der Waals surface area contributed by atoms with Crippen molar-refractivity contribution in [1.29, 1.82) is 0 Å². The molecule has 1 atom stereocenters. The lowest BCUT2D eigenvalue weighted by Gasteiger charge is -2.16. The van der Waals surface area contributed by atoms with Crippen molar-refractivity contribution < 1.29 is 18.0 Å². The first-order valence-electron chi connectivity index (χ1n) is 10.2. The zero-order valence-corrected chi connectivity index (χ0v) is 18.6. The molecule has 0 saturated carbocycles. The summed E-state index contributed by atoms with van der Waals surface area (Å²) in [7, 11) is 0. The molecule has 2 aromatic carbocycles. The lowest BCUT2D eigenvalue weighted by Crippen LogP contribution is -2.28. The Hall–Kier alpha value is -3.39. The summed E-state index contributed by atoms with van der Waals surface area (Å²) < 4.78 is 41.1. The van der Waals surface area contributed by atoms with Gasteiger partial charge in [0.05, 0.1) is 23.8 Å². The number of carbonyl (C=O) groups excluding carboxylic acids is 1. The topological polar surface area (TPSA) is 59.8 Å². The molecular weight excluding hydrogens is 453 g/mol. The molecule has 1 N–H and O–H groups in total. The van der Waals surface area contributed by atoms with Crippen LogP contribution in [-0.2, 0) is 17.5 Å². The zero-order valence-electron chi connectivity index (χ0n) is 17.8. The van der Waals surface area contributed by atoms with Crippen molar-refractivity contribution in [1.82, 2.24) is 20.1 Å². The van der Waals surface area contributed by atoms with E-state index in [4.69, 9.17) is 11.6 Å². The highest BCUT2D eigenvalue weighted by molar-refractivity contribution is 6.30. The third kappa shape index (κ3) is 4.71. The Kier molecular flexibility index (Phi) is 6.12. The monoisotopic (exact) mass is 472 g/mol. The number of carbonyl (C=O) groups is 1. The summed E-state index contributed by atoms with van der Waals surface area (Å²) in [4.78, 5) is 17.2. The average molecular weight is 473 g/mol. The number of hydrogen-bond donors (Lipinski definition) is 1. The number of fused-ring (bicyclic) bond motifs is 1. The van der Waals surface area contributed by atoms with Crippen molar-refractivity contribution in [2.75, 3.05) is 0 Å². The van der Waals surface area contributed by atoms with Crippen LogP contribution in [0.1, 0.15) is 35.5 Å². The van der Waals surface area contributed by atoms with Gasteiger partial charge >= 0.3 is 6.18 Å². The highest BCUT2D eigenvalue weighted by atomic mass is 35.5. The number of aryl methyl sites for hydroxylation is 1. The van der Waals surface area contributed by atoms with E-state index in [1.807, 2.05) is 31.2 Å². The molecule has 1 amide bonds. The second-order valence-corrected chi connectivity index (χ2v) is 8.12. The predicted octanol–water partition coefficient (Wildman–Crippen LogP) is 5.82. The minimum Gasteiger partial charge on any atom is -0.350 e. The largest absolute Gasteiger partial charge is 0.435 e. The van der Waals surface area contributed by atoms with Crippen molar-refractivity contribution in [3.63, 3.8) is 0 Å². The Labute approximate surface area is 193 Å². The first kappa shape index (κ1) is 22.8. The molecule has 0 spiro atoms. The molecule has 2 aromatic heterocycles. The van der Waals surface area contributed by atoms with Gasteiger partial charge in [0, 0.05) is 22.3 Å². The fourth-order valence-electron chi connectivity index (χ4n) is 3.74. The van der Waals surface area contributed by atoms with Gasteiger partial charge < -0.3 is 5.32 Å². The lowest BCUT2D eigenvalue weighted by molar-refractivity contribution is -0.141. The van der Waals surface area contributed by atoms with E-state index in [9.17, 15) is 18.0 Å². The molecule has 9 heteroatoms. The molecule has 1 unspecified atom stereocenters. The van der Waals surface area contributed by atoms with Crippen LogP contribution >= 0.6 is 11.6 Å². The van der Waals surface area contributed by atoms with Crippen molar-refractivity contribution in [2.45, 2.75) is 32.5 Å². The summed E-state index contributed by atoms with van der Waals surface area (Å²) in [5.74, 6) is -0.843. The van der Waals surface area contributed by atoms with Gasteiger partial charge in [-0.05, 0) is 55.1 Å². The summed E-state index contributed by atoms with van der Waals surface area (Å²) in [6.45, 7) is 3.52. The molecule has 4 aromatic rings. The fraction of sp³-hybridized carbons (Fsp3) is 0.208. The Morgan fingerprint density at radius 1 is 1.12 bits per heavy atom. The summed E-state index contributed by atoms with van der Waals surface area (Å²) in [6.07, 6.45) is -2.93. The maximum atomic E-state index is 13.3. The molecule has 4 rings (SSSR count). The molecule has 0 aliphatic rings. The molecule has 0 saturated heterocycles. The highest BCUT2D eigenvalue weighted by Gasteiger charge is 2.35. The Bertz CT molecular complexity index is 1330. The van der Waals surface area contributed by atoms with Gasteiger partial charge in [0.1, 0.15) is 0 Å². The molecule has 33 heavy (non-hydrogen) atoms. The van der Waals surface area contributed by atoms with Gasteiger partial charge in [0.2, 0.25) is 5.91 Å². The number of rotatable bonds is 5. The van der Waals surface area contributed by atoms with Gasteiger partial charge in [-0.25, -0.2) is 4.68 Å². The van der Waals surface area contributed by atoms with Crippen LogP contribution in [0, 0.1) is 6.92 Å². The fourth-order valence-corrected chi connectivity index (χ4v) is 3.93. The minimum atomic E-state index is -4.62. The Morgan fingerprint density at radius 2 is 1.88 bits per heavy atom. The number of benzene rings is 2. The van der Waals surface area contributed by atoms with Crippen molar-refractivity contribution >= 4 is 28.3 Å². The van der Waals surface area contributed by atoms with Gasteiger partial charge in [0.25, 0.3) is 0 Å². The quantitative estimate of drug-likeness (QED) is 0.398. The molecular formula is C24H20ClF3N4O. The van der Waals surface area contributed by atoms with Gasteiger partial charge in [0.15, 0.2) is 5.69 Å². The first-order valence-corrected chi connectivity index (χ1v) is 10.6. The lowest BCUT2D eigenvalue weighted by atomic mass is 9.94. The highest BCUT2D eigenvalue weighted by Crippen LogP contribution is 2.30. The van der Waals surface area contributed by atoms with Gasteiger partial charge in [-0.1, -0.05) is 35.9 Å². The van der Waals surface area contributed by atoms with Crippen LogP contribution in [-0.4, -0.2) is 20.7 Å². The normalized spacial score (nSPS) is 12.7. The number of amides is 1. The Morgan fingerprint density at radius 3 is 2.61 bits per heavy atom. The number of hydrogen-bond acceptors (Lipinski definition) is 3. The summed E-state index contributed by atoms with van der Waals surface area (Å²) >= 11 is 6.00. The standard InChI is InChI=1S/C24H20ClF3N4O/c1-14(19-7-4-8-20-15(2)29-10-9-21(19)20)23(33)30-13-18-12-22(24(26,27)28)31-32(18)17-6-3-5-16(25)11-17/h3-12,14H,13H2,1-2H3,(H,30,33). The van der Waals surface area contributed by atoms with Crippen LogP contribution in [0.4, 0.5) is 13.2 Å². The average Bonchev–Trinajstić information content (AvgIpc) is 3.22. The minimum absolute atomic E-state index is 0.135. The predicted molar refractivity (Wildman–Crippen MR) is 120 cm³/mol. The van der Waals surface area contributed by atoms with E-state index in [2.05, 4.69) is 15.4 Å². The Balaban J connectivity index is 1.61. The van der Waals surface area contributed by atoms with Gasteiger partial charge in [-0.3, -0.25) is 9.78 Å². The van der Waals surface area contributed by atoms with Crippen LogP contribution in [0.25, 0.3) is 16.5 Å². The van der Waals surface area contributed by atoms with Crippen LogP contribution < -0.4 is 5.32 Å². The van der Waals surface area contributed by atoms with E-state index < -0.39 is 17.8 Å². The summed E-state index contributed by atoms with van der Waals surface area (Å²) in [5.41, 5.74) is 1.18. The van der Waals surface area contributed by atoms with E-state index >= 15 is 0 Å². The van der Waals surface area contributed by atoms with E-state index in [-0.39, 0.29) is 18.1 Å². The zero-order chi connectivity index (χ0) is 23.8. The first-order chi connectivity index (χ1) is 15.6. The molecule has 2 heterocycles. The summed E-state index contributed by atoms with van der Waals surface area (Å²) in [6, 6.07) is 14.8. The smallest absolute Gasteiger partial charge is 0.350 e. The maximum absolute atomic E-state index is 13.3. The number of pyridine rings is 1. The molecule has 0 aliphatic heterocycles. The molecule has 0 bridgehead atoms. The van der Waals surface area contributed by atoms with Crippen molar-refractivity contribution in [2.24, 2.45) is 0 Å². The van der Waals surface area contributed by atoms with E-state index in [1.54, 1.807) is 31.3 Å². The summed E-state index contributed by atoms with van der Waals surface area (Å²) in [5, 5.41) is 8.67. The van der Waals surface area contributed by atoms with Crippen molar-refractivity contribution in [3.8, 4) is 5.69 Å². The third-order valence-corrected chi connectivity index (χ3v) is 5.70. The number of nitrogens with one attached hydrogen (secondary N) is 1. The number of alkyl halides is 3. The molecule has 5 nitrogen and oxygen atoms in total. The van der Waals surface area contributed by atoms with Crippen molar-refractivity contribution in [3.05, 3.63) is 88.5 Å². The van der Waals surface area contributed by atoms with E-state index in [0.29, 0.717) is 10.7 Å². The molecule has 170 valence electrons. The molecule has 0 fully saturated rings. The molecule has 0 aliphatic carbocycles.